The molecule has 0 N–H and O–H groups in total. The molecule has 0 amide bonds. The SMILES string of the molecule is CC(=C\C=C\C(C)=C\[C@H](O[Si](C)(C)C(C)(C)C)[C@@H](C)C[C@H](C)O[Si](C)(C)C(C)(C)C)/C=C(C)/C=C/C(=O)O[C@H]1CCCC(=O)O[C@@H](C(C)C)C/C=C/C[C@@H]1C. The van der Waals surface area contributed by atoms with Crippen LogP contribution in [0.5, 0.6) is 0 Å². The van der Waals surface area contributed by atoms with Crippen LogP contribution >= 0.6 is 0 Å². The molecular formula is C47H82O6Si2. The Labute approximate surface area is 340 Å². The number of hydrogen-bond acceptors (Lipinski definition) is 6. The lowest BCUT2D eigenvalue weighted by Gasteiger charge is -2.42. The molecule has 0 saturated carbocycles. The summed E-state index contributed by atoms with van der Waals surface area (Å²) < 4.78 is 25.4. The van der Waals surface area contributed by atoms with Gasteiger partial charge < -0.3 is 18.3 Å². The van der Waals surface area contributed by atoms with Crippen LogP contribution in [-0.2, 0) is 27.9 Å². The van der Waals surface area contributed by atoms with E-state index in [1.54, 1.807) is 6.08 Å². The molecule has 314 valence electrons. The van der Waals surface area contributed by atoms with Gasteiger partial charge in [-0.05, 0) is 107 Å². The Kier molecular flexibility index (Phi) is 20.9. The molecule has 0 fully saturated rings. The summed E-state index contributed by atoms with van der Waals surface area (Å²) in [5.74, 6) is 0.162. The van der Waals surface area contributed by atoms with E-state index in [9.17, 15) is 9.59 Å². The number of cyclic esters (lactones) is 1. The highest BCUT2D eigenvalue weighted by Crippen LogP contribution is 2.40. The molecule has 55 heavy (non-hydrogen) atoms. The standard InChI is InChI=1S/C47H82O6Si2/c1-34(2)41-26-20-19-25-38(6)42(27-22-28-44(48)50-41)51-45(49)30-29-37(5)31-35(3)23-21-24-36(4)32-43(53-55(17,18)47(12,13)14)39(7)33-40(8)52-54(15,16)46(9,10)11/h19-21,23-24,29-32,34,38-43H,22,25-28,33H2,1-18H3/b20-19+,24-21+,30-29+,35-23+,36-32+,37-31+/t38-,39-,40-,41+,42-,43-/m0/s1. The van der Waals surface area contributed by atoms with Gasteiger partial charge in [-0.3, -0.25) is 4.79 Å². The highest BCUT2D eigenvalue weighted by Gasteiger charge is 2.41. The normalized spacial score (nSPS) is 23.3. The molecule has 0 radical (unpaired) electrons. The van der Waals surface area contributed by atoms with E-state index in [2.05, 4.69) is 159 Å². The second-order valence-electron chi connectivity index (χ2n) is 19.7. The van der Waals surface area contributed by atoms with Crippen molar-refractivity contribution in [1.29, 1.82) is 0 Å². The first kappa shape index (κ1) is 50.8. The monoisotopic (exact) mass is 799 g/mol. The lowest BCUT2D eigenvalue weighted by atomic mass is 9.94. The Morgan fingerprint density at radius 2 is 1.44 bits per heavy atom. The second-order valence-corrected chi connectivity index (χ2v) is 29.2. The molecule has 1 rings (SSSR count). The smallest absolute Gasteiger partial charge is 0.331 e. The largest absolute Gasteiger partial charge is 0.462 e. The summed E-state index contributed by atoms with van der Waals surface area (Å²) in [7, 11) is -3.89. The number of hydrogen-bond donors (Lipinski definition) is 0. The summed E-state index contributed by atoms with van der Waals surface area (Å²) in [5, 5.41) is 0.283. The quantitative estimate of drug-likeness (QED) is 0.0540. The van der Waals surface area contributed by atoms with Crippen LogP contribution in [-0.4, -0.2) is 53.0 Å². The molecular weight excluding hydrogens is 717 g/mol. The molecule has 0 saturated heterocycles. The van der Waals surface area contributed by atoms with Crippen molar-refractivity contribution < 1.29 is 27.9 Å². The van der Waals surface area contributed by atoms with Crippen LogP contribution in [0.1, 0.15) is 135 Å². The van der Waals surface area contributed by atoms with Crippen molar-refractivity contribution in [2.45, 2.75) is 196 Å². The summed E-state index contributed by atoms with van der Waals surface area (Å²) in [6.45, 7) is 40.1. The summed E-state index contributed by atoms with van der Waals surface area (Å²) in [5.41, 5.74) is 3.19. The molecule has 0 aromatic rings. The summed E-state index contributed by atoms with van der Waals surface area (Å²) in [6, 6.07) is 0. The van der Waals surface area contributed by atoms with Gasteiger partial charge in [-0.25, -0.2) is 4.79 Å². The van der Waals surface area contributed by atoms with Gasteiger partial charge >= 0.3 is 11.9 Å². The van der Waals surface area contributed by atoms with Crippen molar-refractivity contribution in [2.24, 2.45) is 17.8 Å². The molecule has 8 heteroatoms. The van der Waals surface area contributed by atoms with Crippen molar-refractivity contribution >= 4 is 28.6 Å². The fourth-order valence-corrected chi connectivity index (χ4v) is 8.80. The van der Waals surface area contributed by atoms with E-state index in [0.717, 1.165) is 29.6 Å². The average Bonchev–Trinajstić information content (AvgIpc) is 3.02. The number of ether oxygens (including phenoxy) is 2. The molecule has 0 aromatic carbocycles. The minimum Gasteiger partial charge on any atom is -0.462 e. The number of carbonyl (C=O) groups is 2. The minimum atomic E-state index is -2.02. The Morgan fingerprint density at radius 1 is 0.855 bits per heavy atom. The molecule has 0 aliphatic carbocycles. The summed E-state index contributed by atoms with van der Waals surface area (Å²) in [6.07, 6.45) is 22.0. The maximum Gasteiger partial charge on any atom is 0.331 e. The number of rotatable bonds is 15. The number of carbonyl (C=O) groups excluding carboxylic acids is 2. The first-order chi connectivity index (χ1) is 25.1. The molecule has 1 aliphatic rings. The Balaban J connectivity index is 3.02. The summed E-state index contributed by atoms with van der Waals surface area (Å²) >= 11 is 0. The third kappa shape index (κ3) is 19.2. The van der Waals surface area contributed by atoms with E-state index < -0.39 is 16.6 Å². The van der Waals surface area contributed by atoms with Crippen LogP contribution in [0.4, 0.5) is 0 Å². The zero-order valence-corrected chi connectivity index (χ0v) is 40.4. The van der Waals surface area contributed by atoms with E-state index in [4.69, 9.17) is 18.3 Å². The van der Waals surface area contributed by atoms with Crippen molar-refractivity contribution in [3.63, 3.8) is 0 Å². The highest BCUT2D eigenvalue weighted by molar-refractivity contribution is 6.74. The predicted octanol–water partition coefficient (Wildman–Crippen LogP) is 13.4. The van der Waals surface area contributed by atoms with E-state index >= 15 is 0 Å². The Hall–Kier alpha value is -2.27. The Bertz CT molecular complexity index is 1400. The topological polar surface area (TPSA) is 71.1 Å². The fourth-order valence-electron chi connectivity index (χ4n) is 6.01. The van der Waals surface area contributed by atoms with Gasteiger partial charge in [-0.1, -0.05) is 135 Å². The predicted molar refractivity (Wildman–Crippen MR) is 239 cm³/mol. The van der Waals surface area contributed by atoms with Gasteiger partial charge in [0, 0.05) is 25.0 Å². The van der Waals surface area contributed by atoms with Crippen LogP contribution in [0.2, 0.25) is 36.3 Å². The zero-order chi connectivity index (χ0) is 42.4. The fraction of sp³-hybridized carbons (Fsp3) is 0.702. The van der Waals surface area contributed by atoms with Gasteiger partial charge in [0.1, 0.15) is 12.2 Å². The highest BCUT2D eigenvalue weighted by atomic mass is 28.4. The first-order valence-corrected chi connectivity index (χ1v) is 26.8. The zero-order valence-electron chi connectivity index (χ0n) is 38.4. The molecule has 1 aliphatic heterocycles. The molecule has 0 bridgehead atoms. The van der Waals surface area contributed by atoms with E-state index in [0.29, 0.717) is 31.6 Å². The maximum absolute atomic E-state index is 12.9. The van der Waals surface area contributed by atoms with E-state index in [1.165, 1.54) is 6.08 Å². The number of allylic oxidation sites excluding steroid dienone is 9. The van der Waals surface area contributed by atoms with Gasteiger partial charge in [0.2, 0.25) is 0 Å². The lowest BCUT2D eigenvalue weighted by Crippen LogP contribution is -2.46. The molecule has 0 spiro atoms. The summed E-state index contributed by atoms with van der Waals surface area (Å²) in [4.78, 5) is 25.3. The molecule has 1 heterocycles. The molecule has 6 atom stereocenters. The van der Waals surface area contributed by atoms with Crippen LogP contribution in [0, 0.1) is 17.8 Å². The molecule has 0 unspecified atom stereocenters. The van der Waals surface area contributed by atoms with Crippen molar-refractivity contribution in [3.8, 4) is 0 Å². The van der Waals surface area contributed by atoms with Crippen LogP contribution in [0.25, 0.3) is 0 Å². The third-order valence-electron chi connectivity index (χ3n) is 11.7. The van der Waals surface area contributed by atoms with Gasteiger partial charge in [0.15, 0.2) is 16.6 Å². The minimum absolute atomic E-state index is 0.00742. The number of esters is 2. The van der Waals surface area contributed by atoms with Gasteiger partial charge in [-0.2, -0.15) is 0 Å². The van der Waals surface area contributed by atoms with E-state index in [-0.39, 0.29) is 58.3 Å². The van der Waals surface area contributed by atoms with Gasteiger partial charge in [0.25, 0.3) is 0 Å². The maximum atomic E-state index is 12.9. The molecule has 6 nitrogen and oxygen atoms in total. The van der Waals surface area contributed by atoms with Gasteiger partial charge in [-0.15, -0.1) is 0 Å². The average molecular weight is 799 g/mol. The second kappa shape index (κ2) is 22.6. The first-order valence-electron chi connectivity index (χ1n) is 21.0. The van der Waals surface area contributed by atoms with Crippen LogP contribution < -0.4 is 0 Å². The lowest BCUT2D eigenvalue weighted by molar-refractivity contribution is -0.151. The van der Waals surface area contributed by atoms with Crippen molar-refractivity contribution in [2.75, 3.05) is 0 Å². The third-order valence-corrected chi connectivity index (χ3v) is 20.8. The molecule has 0 aromatic heterocycles. The Morgan fingerprint density at radius 3 is 2.02 bits per heavy atom. The van der Waals surface area contributed by atoms with Gasteiger partial charge in [0.05, 0.1) is 6.10 Å². The van der Waals surface area contributed by atoms with Crippen LogP contribution in [0.3, 0.4) is 0 Å². The van der Waals surface area contributed by atoms with Crippen molar-refractivity contribution in [1.82, 2.24) is 0 Å². The van der Waals surface area contributed by atoms with Crippen molar-refractivity contribution in [3.05, 3.63) is 71.4 Å². The van der Waals surface area contributed by atoms with Crippen LogP contribution in [0.15, 0.2) is 71.4 Å². The van der Waals surface area contributed by atoms with E-state index in [1.807, 2.05) is 6.92 Å².